The van der Waals surface area contributed by atoms with Gasteiger partial charge in [-0.2, -0.15) is 0 Å². The Morgan fingerprint density at radius 2 is 2.08 bits per heavy atom. The number of aromatic amines is 1. The van der Waals surface area contributed by atoms with Crippen molar-refractivity contribution in [3.05, 3.63) is 67.3 Å². The SMILES string of the molecule is Cc1cc(=O)oc2ccc(OCC(=O)Nc3c[nH]cc(Br)c3=O)cc12. The number of rotatable bonds is 4. The van der Waals surface area contributed by atoms with Gasteiger partial charge < -0.3 is 19.5 Å². The zero-order chi connectivity index (χ0) is 18.0. The zero-order valence-electron chi connectivity index (χ0n) is 13.1. The van der Waals surface area contributed by atoms with Gasteiger partial charge in [-0.15, -0.1) is 0 Å². The van der Waals surface area contributed by atoms with Crippen LogP contribution in [0.1, 0.15) is 5.56 Å². The molecule has 2 N–H and O–H groups in total. The second-order valence-electron chi connectivity index (χ2n) is 5.29. The van der Waals surface area contributed by atoms with Gasteiger partial charge in [-0.05, 0) is 46.6 Å². The lowest BCUT2D eigenvalue weighted by atomic mass is 10.1. The minimum absolute atomic E-state index is 0.124. The molecule has 0 bridgehead atoms. The summed E-state index contributed by atoms with van der Waals surface area (Å²) in [6.07, 6.45) is 2.87. The third kappa shape index (κ3) is 3.80. The first-order valence-electron chi connectivity index (χ1n) is 7.28. The van der Waals surface area contributed by atoms with Gasteiger partial charge in [0.1, 0.15) is 17.0 Å². The first-order valence-corrected chi connectivity index (χ1v) is 8.07. The highest BCUT2D eigenvalue weighted by molar-refractivity contribution is 9.10. The first-order chi connectivity index (χ1) is 11.9. The van der Waals surface area contributed by atoms with Gasteiger partial charge in [0.2, 0.25) is 5.43 Å². The van der Waals surface area contributed by atoms with Crippen molar-refractivity contribution >= 4 is 38.5 Å². The molecule has 0 unspecified atom stereocenters. The number of aryl methyl sites for hydroxylation is 1. The highest BCUT2D eigenvalue weighted by Crippen LogP contribution is 2.22. The molecule has 0 saturated heterocycles. The van der Waals surface area contributed by atoms with Crippen LogP contribution in [0.25, 0.3) is 11.0 Å². The van der Waals surface area contributed by atoms with Gasteiger partial charge in [0, 0.05) is 23.8 Å². The highest BCUT2D eigenvalue weighted by atomic mass is 79.9. The zero-order valence-corrected chi connectivity index (χ0v) is 14.7. The van der Waals surface area contributed by atoms with Crippen LogP contribution in [0.2, 0.25) is 0 Å². The number of pyridine rings is 1. The molecule has 0 aliphatic heterocycles. The van der Waals surface area contributed by atoms with E-state index in [-0.39, 0.29) is 17.7 Å². The molecule has 128 valence electrons. The largest absolute Gasteiger partial charge is 0.484 e. The summed E-state index contributed by atoms with van der Waals surface area (Å²) in [5, 5.41) is 3.20. The maximum Gasteiger partial charge on any atom is 0.336 e. The van der Waals surface area contributed by atoms with Crippen molar-refractivity contribution in [1.82, 2.24) is 4.98 Å². The van der Waals surface area contributed by atoms with E-state index in [2.05, 4.69) is 26.2 Å². The summed E-state index contributed by atoms with van der Waals surface area (Å²) < 4.78 is 10.9. The molecule has 0 aliphatic rings. The summed E-state index contributed by atoms with van der Waals surface area (Å²) in [6, 6.07) is 6.28. The fourth-order valence-corrected chi connectivity index (χ4v) is 2.62. The lowest BCUT2D eigenvalue weighted by Gasteiger charge is -2.08. The Morgan fingerprint density at radius 1 is 1.28 bits per heavy atom. The van der Waals surface area contributed by atoms with Gasteiger partial charge >= 0.3 is 5.63 Å². The van der Waals surface area contributed by atoms with Gasteiger partial charge in [0.15, 0.2) is 6.61 Å². The van der Waals surface area contributed by atoms with Crippen molar-refractivity contribution in [2.45, 2.75) is 6.92 Å². The van der Waals surface area contributed by atoms with Crippen molar-refractivity contribution < 1.29 is 13.9 Å². The summed E-state index contributed by atoms with van der Waals surface area (Å²) in [7, 11) is 0. The van der Waals surface area contributed by atoms with Gasteiger partial charge in [0.25, 0.3) is 5.91 Å². The molecule has 0 radical (unpaired) electrons. The number of hydrogen-bond acceptors (Lipinski definition) is 5. The summed E-state index contributed by atoms with van der Waals surface area (Å²) >= 11 is 3.09. The molecule has 3 rings (SSSR count). The maximum atomic E-state index is 12.0. The number of amides is 1. The number of halogens is 1. The molecule has 2 heterocycles. The summed E-state index contributed by atoms with van der Waals surface area (Å²) in [4.78, 5) is 37.9. The minimum atomic E-state index is -0.472. The van der Waals surface area contributed by atoms with E-state index in [1.54, 1.807) is 25.1 Å². The second kappa shape index (κ2) is 6.94. The fraction of sp³-hybridized carbons (Fsp3) is 0.118. The molecular weight excluding hydrogens is 392 g/mol. The monoisotopic (exact) mass is 404 g/mol. The smallest absolute Gasteiger partial charge is 0.336 e. The average molecular weight is 405 g/mol. The number of nitrogens with one attached hydrogen (secondary N) is 2. The normalized spacial score (nSPS) is 10.6. The van der Waals surface area contributed by atoms with Crippen LogP contribution in [0.5, 0.6) is 5.75 Å². The average Bonchev–Trinajstić information content (AvgIpc) is 2.57. The van der Waals surface area contributed by atoms with Gasteiger partial charge in [-0.25, -0.2) is 4.79 Å². The molecule has 7 nitrogen and oxygen atoms in total. The molecule has 0 atom stereocenters. The number of carbonyl (C=O) groups excluding carboxylic acids is 1. The number of anilines is 1. The molecule has 0 saturated carbocycles. The second-order valence-corrected chi connectivity index (χ2v) is 6.14. The Morgan fingerprint density at radius 3 is 2.88 bits per heavy atom. The fourth-order valence-electron chi connectivity index (χ4n) is 2.27. The quantitative estimate of drug-likeness (QED) is 0.650. The maximum absolute atomic E-state index is 12.0. The number of ether oxygens (including phenoxy) is 1. The third-order valence-corrected chi connectivity index (χ3v) is 4.05. The number of fused-ring (bicyclic) bond motifs is 1. The number of carbonyl (C=O) groups is 1. The Balaban J connectivity index is 1.72. The predicted octanol–water partition coefficient (Wildman–Crippen LogP) is 2.57. The standard InChI is InChI=1S/C17H13BrN2O5/c1-9-4-16(22)25-14-3-2-10(5-11(9)14)24-8-15(21)20-13-7-19-6-12(18)17(13)23/h2-7H,8H2,1H3,(H,19,23)(H,20,21). The predicted molar refractivity (Wildman–Crippen MR) is 96.1 cm³/mol. The third-order valence-electron chi connectivity index (χ3n) is 3.46. The van der Waals surface area contributed by atoms with Crippen LogP contribution in [0.15, 0.2) is 55.1 Å². The van der Waals surface area contributed by atoms with Crippen molar-refractivity contribution in [3.8, 4) is 5.75 Å². The Kier molecular flexibility index (Phi) is 4.71. The van der Waals surface area contributed by atoms with Crippen LogP contribution in [-0.2, 0) is 4.79 Å². The van der Waals surface area contributed by atoms with Crippen molar-refractivity contribution in [2.75, 3.05) is 11.9 Å². The van der Waals surface area contributed by atoms with E-state index in [4.69, 9.17) is 9.15 Å². The van der Waals surface area contributed by atoms with Crippen LogP contribution < -0.4 is 21.1 Å². The van der Waals surface area contributed by atoms with Gasteiger partial charge in [-0.1, -0.05) is 0 Å². The van der Waals surface area contributed by atoms with Crippen LogP contribution in [0.3, 0.4) is 0 Å². The van der Waals surface area contributed by atoms with Crippen molar-refractivity contribution in [1.29, 1.82) is 0 Å². The summed E-state index contributed by atoms with van der Waals surface area (Å²) in [5.41, 5.74) is 0.573. The number of benzene rings is 1. The molecule has 2 aromatic heterocycles. The number of hydrogen-bond donors (Lipinski definition) is 2. The molecule has 8 heteroatoms. The van der Waals surface area contributed by atoms with Crippen molar-refractivity contribution in [3.63, 3.8) is 0 Å². The lowest BCUT2D eigenvalue weighted by Crippen LogP contribution is -2.24. The molecule has 1 aromatic carbocycles. The van der Waals surface area contributed by atoms with Crippen molar-refractivity contribution in [2.24, 2.45) is 0 Å². The molecule has 0 fully saturated rings. The van der Waals surface area contributed by atoms with E-state index < -0.39 is 11.5 Å². The first kappa shape index (κ1) is 17.0. The summed E-state index contributed by atoms with van der Waals surface area (Å²) in [5.74, 6) is -0.0252. The minimum Gasteiger partial charge on any atom is -0.484 e. The van der Waals surface area contributed by atoms with Gasteiger partial charge in [-0.3, -0.25) is 9.59 Å². The molecule has 0 aliphatic carbocycles. The molecule has 0 spiro atoms. The number of H-pyrrole nitrogens is 1. The summed E-state index contributed by atoms with van der Waals surface area (Å²) in [6.45, 7) is 1.52. The van der Waals surface area contributed by atoms with Gasteiger partial charge in [0.05, 0.1) is 4.47 Å². The topological polar surface area (TPSA) is 101 Å². The molecule has 25 heavy (non-hydrogen) atoms. The molecule has 1 amide bonds. The Hall–Kier alpha value is -2.87. The van der Waals surface area contributed by atoms with E-state index in [0.717, 1.165) is 10.9 Å². The number of aromatic nitrogens is 1. The van der Waals surface area contributed by atoms with Crippen LogP contribution >= 0.6 is 15.9 Å². The lowest BCUT2D eigenvalue weighted by molar-refractivity contribution is -0.118. The van der Waals surface area contributed by atoms with E-state index >= 15 is 0 Å². The van der Waals surface area contributed by atoms with E-state index in [0.29, 0.717) is 15.8 Å². The van der Waals surface area contributed by atoms with E-state index in [1.165, 1.54) is 18.5 Å². The van der Waals surface area contributed by atoms with Crippen LogP contribution in [-0.4, -0.2) is 17.5 Å². The van der Waals surface area contributed by atoms with E-state index in [1.807, 2.05) is 0 Å². The van der Waals surface area contributed by atoms with Crippen LogP contribution in [0, 0.1) is 6.92 Å². The molecular formula is C17H13BrN2O5. The Bertz CT molecular complexity index is 1070. The van der Waals surface area contributed by atoms with Crippen LogP contribution in [0.4, 0.5) is 5.69 Å². The highest BCUT2D eigenvalue weighted by Gasteiger charge is 2.09. The van der Waals surface area contributed by atoms with E-state index in [9.17, 15) is 14.4 Å². The molecule has 3 aromatic rings. The Labute approximate surface area is 149 Å².